The van der Waals surface area contributed by atoms with Crippen molar-refractivity contribution in [3.8, 4) is 5.75 Å². The number of nitro benzene ring substituents is 1. The summed E-state index contributed by atoms with van der Waals surface area (Å²) in [6.45, 7) is 1.72. The van der Waals surface area contributed by atoms with E-state index in [9.17, 15) is 18.5 Å². The van der Waals surface area contributed by atoms with E-state index >= 15 is 0 Å². The number of hydrogen-bond donors (Lipinski definition) is 2. The number of nitrogens with one attached hydrogen (secondary N) is 1. The summed E-state index contributed by atoms with van der Waals surface area (Å²) in [6.07, 6.45) is 0. The van der Waals surface area contributed by atoms with Crippen molar-refractivity contribution >= 4 is 28.1 Å². The van der Waals surface area contributed by atoms with Crippen LogP contribution in [0.15, 0.2) is 23.1 Å². The zero-order valence-corrected chi connectivity index (χ0v) is 12.5. The van der Waals surface area contributed by atoms with Gasteiger partial charge in [-0.2, -0.15) is 0 Å². The van der Waals surface area contributed by atoms with Gasteiger partial charge in [-0.25, -0.2) is 13.1 Å². The predicted molar refractivity (Wildman–Crippen MR) is 75.7 cm³/mol. The predicted octanol–water partition coefficient (Wildman–Crippen LogP) is 0.651. The summed E-state index contributed by atoms with van der Waals surface area (Å²) < 4.78 is 31.0. The minimum Gasteiger partial charge on any atom is -0.490 e. The van der Waals surface area contributed by atoms with Gasteiger partial charge in [0.05, 0.1) is 16.9 Å². The van der Waals surface area contributed by atoms with Crippen LogP contribution in [0.1, 0.15) is 6.92 Å². The Hall–Kier alpha value is -1.42. The molecule has 0 spiro atoms. The molecule has 0 aliphatic heterocycles. The summed E-state index contributed by atoms with van der Waals surface area (Å²) in [5.74, 6) is -0.00387. The summed E-state index contributed by atoms with van der Waals surface area (Å²) in [5.41, 5.74) is 4.91. The van der Waals surface area contributed by atoms with Crippen molar-refractivity contribution in [2.75, 3.05) is 13.7 Å². The van der Waals surface area contributed by atoms with Crippen molar-refractivity contribution in [2.45, 2.75) is 17.9 Å². The number of rotatable bonds is 6. The molecule has 1 rings (SSSR count). The number of halogens is 1. The maximum atomic E-state index is 11.9. The first-order valence-corrected chi connectivity index (χ1v) is 6.85. The van der Waals surface area contributed by atoms with Crippen LogP contribution in [0.4, 0.5) is 5.69 Å². The molecule has 0 aliphatic carbocycles. The highest BCUT2D eigenvalue weighted by molar-refractivity contribution is 7.89. The number of methoxy groups -OCH3 is 1. The monoisotopic (exact) mass is 325 g/mol. The second-order valence-corrected chi connectivity index (χ2v) is 5.56. The van der Waals surface area contributed by atoms with Crippen molar-refractivity contribution in [1.29, 1.82) is 0 Å². The largest absolute Gasteiger partial charge is 0.490 e. The standard InChI is InChI=1S/C10H15N3O5S.ClH/c1-7(6-11)12-19(16,17)8-3-4-10(18-2)9(5-8)13(14)15;/h3-5,7,12H,6,11H2,1-2H3;1H/t7-;/m1./s1. The summed E-state index contributed by atoms with van der Waals surface area (Å²) in [7, 11) is -2.57. The third-order valence-electron chi connectivity index (χ3n) is 2.37. The molecule has 0 fully saturated rings. The van der Waals surface area contributed by atoms with Gasteiger partial charge in [0.25, 0.3) is 0 Å². The van der Waals surface area contributed by atoms with Crippen molar-refractivity contribution in [3.63, 3.8) is 0 Å². The van der Waals surface area contributed by atoms with Gasteiger partial charge >= 0.3 is 5.69 Å². The first-order valence-electron chi connectivity index (χ1n) is 5.36. The normalized spacial score (nSPS) is 12.3. The Bertz CT molecular complexity index is 578. The first-order chi connectivity index (χ1) is 8.81. The third kappa shape index (κ3) is 4.30. The fourth-order valence-corrected chi connectivity index (χ4v) is 2.64. The van der Waals surface area contributed by atoms with Crippen molar-refractivity contribution < 1.29 is 18.1 Å². The molecule has 0 saturated heterocycles. The van der Waals surface area contributed by atoms with Crippen LogP contribution in [-0.4, -0.2) is 33.0 Å². The lowest BCUT2D eigenvalue weighted by Crippen LogP contribution is -2.37. The smallest absolute Gasteiger partial charge is 0.312 e. The Morgan fingerprint density at radius 2 is 2.10 bits per heavy atom. The van der Waals surface area contributed by atoms with Gasteiger partial charge in [-0.05, 0) is 19.1 Å². The molecular formula is C10H16ClN3O5S. The molecule has 20 heavy (non-hydrogen) atoms. The summed E-state index contributed by atoms with van der Waals surface area (Å²) >= 11 is 0. The highest BCUT2D eigenvalue weighted by Gasteiger charge is 2.22. The lowest BCUT2D eigenvalue weighted by molar-refractivity contribution is -0.386. The van der Waals surface area contributed by atoms with Crippen LogP contribution >= 0.6 is 12.4 Å². The fourth-order valence-electron chi connectivity index (χ4n) is 1.36. The number of ether oxygens (including phenoxy) is 1. The summed E-state index contributed by atoms with van der Waals surface area (Å²) in [6, 6.07) is 2.95. The maximum Gasteiger partial charge on any atom is 0.312 e. The highest BCUT2D eigenvalue weighted by Crippen LogP contribution is 2.29. The van der Waals surface area contributed by atoms with Crippen LogP contribution in [-0.2, 0) is 10.0 Å². The average Bonchev–Trinajstić information content (AvgIpc) is 2.37. The Morgan fingerprint density at radius 3 is 2.55 bits per heavy atom. The van der Waals surface area contributed by atoms with Crippen LogP contribution in [0, 0.1) is 10.1 Å². The van der Waals surface area contributed by atoms with Gasteiger partial charge in [0.15, 0.2) is 5.75 Å². The number of sulfonamides is 1. The van der Waals surface area contributed by atoms with E-state index in [0.717, 1.165) is 6.07 Å². The molecule has 0 radical (unpaired) electrons. The van der Waals surface area contributed by atoms with Crippen LogP contribution < -0.4 is 15.2 Å². The maximum absolute atomic E-state index is 11.9. The minimum absolute atomic E-state index is 0. The van der Waals surface area contributed by atoms with Crippen molar-refractivity contribution in [3.05, 3.63) is 28.3 Å². The molecular weight excluding hydrogens is 310 g/mol. The minimum atomic E-state index is -3.84. The molecule has 0 bridgehead atoms. The van der Waals surface area contributed by atoms with E-state index in [0.29, 0.717) is 0 Å². The molecule has 10 heteroatoms. The van der Waals surface area contributed by atoms with E-state index < -0.39 is 26.7 Å². The van der Waals surface area contributed by atoms with Crippen LogP contribution in [0.2, 0.25) is 0 Å². The molecule has 0 saturated carbocycles. The lowest BCUT2D eigenvalue weighted by Gasteiger charge is -2.12. The number of nitro groups is 1. The van der Waals surface area contributed by atoms with Crippen LogP contribution in [0.25, 0.3) is 0 Å². The van der Waals surface area contributed by atoms with E-state index in [2.05, 4.69) is 4.72 Å². The summed E-state index contributed by atoms with van der Waals surface area (Å²) in [5, 5.41) is 10.8. The molecule has 0 aromatic heterocycles. The van der Waals surface area contributed by atoms with Gasteiger partial charge in [-0.15, -0.1) is 12.4 Å². The Balaban J connectivity index is 0.00000361. The lowest BCUT2D eigenvalue weighted by atomic mass is 10.3. The third-order valence-corrected chi connectivity index (χ3v) is 3.95. The SMILES string of the molecule is COc1ccc(S(=O)(=O)N[C@H](C)CN)cc1[N+](=O)[O-].Cl. The van der Waals surface area contributed by atoms with Gasteiger partial charge in [0, 0.05) is 18.7 Å². The van der Waals surface area contributed by atoms with Crippen LogP contribution in [0.5, 0.6) is 5.75 Å². The van der Waals surface area contributed by atoms with E-state index in [1.807, 2.05) is 0 Å². The van der Waals surface area contributed by atoms with Crippen molar-refractivity contribution in [1.82, 2.24) is 4.72 Å². The van der Waals surface area contributed by atoms with Crippen LogP contribution in [0.3, 0.4) is 0 Å². The zero-order chi connectivity index (χ0) is 14.6. The zero-order valence-electron chi connectivity index (χ0n) is 10.9. The highest BCUT2D eigenvalue weighted by atomic mass is 35.5. The van der Waals surface area contributed by atoms with E-state index in [1.165, 1.54) is 19.2 Å². The van der Waals surface area contributed by atoms with Gasteiger partial charge in [-0.1, -0.05) is 0 Å². The quantitative estimate of drug-likeness (QED) is 0.584. The molecule has 114 valence electrons. The first kappa shape index (κ1) is 18.6. The fraction of sp³-hybridized carbons (Fsp3) is 0.400. The molecule has 0 amide bonds. The van der Waals surface area contributed by atoms with Gasteiger partial charge in [0.1, 0.15) is 0 Å². The number of nitrogens with zero attached hydrogens (tertiary/aromatic N) is 1. The van der Waals surface area contributed by atoms with Gasteiger partial charge in [-0.3, -0.25) is 10.1 Å². The van der Waals surface area contributed by atoms with Crippen molar-refractivity contribution in [2.24, 2.45) is 5.73 Å². The Labute approximate surface area is 122 Å². The molecule has 8 nitrogen and oxygen atoms in total. The average molecular weight is 326 g/mol. The number of hydrogen-bond acceptors (Lipinski definition) is 6. The van der Waals surface area contributed by atoms with E-state index in [4.69, 9.17) is 10.5 Å². The number of benzene rings is 1. The molecule has 0 heterocycles. The van der Waals surface area contributed by atoms with Gasteiger partial charge < -0.3 is 10.5 Å². The molecule has 0 aliphatic rings. The van der Waals surface area contributed by atoms with E-state index in [-0.39, 0.29) is 29.6 Å². The molecule has 3 N–H and O–H groups in total. The molecule has 0 unspecified atom stereocenters. The van der Waals surface area contributed by atoms with E-state index in [1.54, 1.807) is 6.92 Å². The molecule has 1 aromatic rings. The molecule has 1 atom stereocenters. The Kier molecular flexibility index (Phi) is 6.86. The topological polar surface area (TPSA) is 125 Å². The molecule has 1 aromatic carbocycles. The number of nitrogens with two attached hydrogens (primary N) is 1. The second kappa shape index (κ2) is 7.39. The van der Waals surface area contributed by atoms with Gasteiger partial charge in [0.2, 0.25) is 10.0 Å². The summed E-state index contributed by atoms with van der Waals surface area (Å²) in [4.78, 5) is 9.92. The Morgan fingerprint density at radius 1 is 1.50 bits per heavy atom. The second-order valence-electron chi connectivity index (χ2n) is 3.85.